The molecule has 2 aromatic heterocycles. The number of pyridine rings is 1. The smallest absolute Gasteiger partial charge is 0.260 e. The number of para-hydroxylation sites is 2. The number of carbonyl (C=O) groups excluding carboxylic acids is 1. The molecular weight excluding hydrogens is 402 g/mol. The largest absolute Gasteiger partial charge is 0.336 e. The molecule has 3 heterocycles. The number of aromatic nitrogens is 3. The van der Waals surface area contributed by atoms with E-state index in [-0.39, 0.29) is 17.0 Å². The summed E-state index contributed by atoms with van der Waals surface area (Å²) in [5.41, 5.74) is 3.22. The molecule has 1 saturated heterocycles. The SMILES string of the molecule is O=C(c1ccc[nH]c1=O)N1CCN(Cc2nc3ccccc3n2Cc2ccccc2)CC1. The van der Waals surface area contributed by atoms with E-state index in [1.807, 2.05) is 24.3 Å². The van der Waals surface area contributed by atoms with Gasteiger partial charge >= 0.3 is 0 Å². The monoisotopic (exact) mass is 427 g/mol. The first-order valence-electron chi connectivity index (χ1n) is 10.9. The van der Waals surface area contributed by atoms with E-state index in [9.17, 15) is 9.59 Å². The van der Waals surface area contributed by atoms with Gasteiger partial charge in [-0.15, -0.1) is 0 Å². The summed E-state index contributed by atoms with van der Waals surface area (Å²) in [6.45, 7) is 4.15. The Bertz CT molecular complexity index is 1290. The zero-order valence-electron chi connectivity index (χ0n) is 17.8. The van der Waals surface area contributed by atoms with E-state index in [1.54, 1.807) is 23.2 Å². The number of carbonyl (C=O) groups is 1. The van der Waals surface area contributed by atoms with Crippen molar-refractivity contribution >= 4 is 16.9 Å². The number of imidazole rings is 1. The number of nitrogens with zero attached hydrogens (tertiary/aromatic N) is 4. The van der Waals surface area contributed by atoms with Gasteiger partial charge in [-0.2, -0.15) is 0 Å². The highest BCUT2D eigenvalue weighted by molar-refractivity contribution is 5.93. The zero-order chi connectivity index (χ0) is 21.9. The predicted molar refractivity (Wildman–Crippen MR) is 124 cm³/mol. The fourth-order valence-electron chi connectivity index (χ4n) is 4.26. The molecule has 162 valence electrons. The number of H-pyrrole nitrogens is 1. The van der Waals surface area contributed by atoms with Crippen molar-refractivity contribution in [2.75, 3.05) is 26.2 Å². The Kier molecular flexibility index (Phi) is 5.56. The van der Waals surface area contributed by atoms with Crippen LogP contribution >= 0.6 is 0 Å². The third-order valence-electron chi connectivity index (χ3n) is 5.99. The van der Waals surface area contributed by atoms with Crippen molar-refractivity contribution in [3.8, 4) is 0 Å². The maximum Gasteiger partial charge on any atom is 0.260 e. The van der Waals surface area contributed by atoms with Crippen molar-refractivity contribution in [3.63, 3.8) is 0 Å². The molecule has 4 aromatic rings. The lowest BCUT2D eigenvalue weighted by Crippen LogP contribution is -2.49. The number of piperazine rings is 1. The molecule has 1 aliphatic rings. The van der Waals surface area contributed by atoms with E-state index >= 15 is 0 Å². The normalized spacial score (nSPS) is 14.7. The summed E-state index contributed by atoms with van der Waals surface area (Å²) >= 11 is 0. The van der Waals surface area contributed by atoms with Gasteiger partial charge in [-0.1, -0.05) is 42.5 Å². The van der Waals surface area contributed by atoms with Crippen LogP contribution in [-0.2, 0) is 13.1 Å². The van der Waals surface area contributed by atoms with Gasteiger partial charge in [0.05, 0.1) is 17.6 Å². The van der Waals surface area contributed by atoms with Gasteiger partial charge in [0.2, 0.25) is 0 Å². The minimum atomic E-state index is -0.338. The molecule has 2 aromatic carbocycles. The molecule has 0 unspecified atom stereocenters. The number of benzene rings is 2. The summed E-state index contributed by atoms with van der Waals surface area (Å²) in [7, 11) is 0. The second kappa shape index (κ2) is 8.80. The first-order valence-corrected chi connectivity index (χ1v) is 10.9. The Balaban J connectivity index is 1.31. The van der Waals surface area contributed by atoms with Crippen LogP contribution in [-0.4, -0.2) is 56.4 Å². The fourth-order valence-corrected chi connectivity index (χ4v) is 4.26. The van der Waals surface area contributed by atoms with Gasteiger partial charge in [-0.05, 0) is 29.8 Å². The molecule has 0 bridgehead atoms. The number of hydrogen-bond acceptors (Lipinski definition) is 4. The maximum atomic E-state index is 12.7. The quantitative estimate of drug-likeness (QED) is 0.532. The molecule has 7 nitrogen and oxygen atoms in total. The van der Waals surface area contributed by atoms with Crippen LogP contribution in [0.4, 0.5) is 0 Å². The number of amides is 1. The number of aromatic amines is 1. The topological polar surface area (TPSA) is 74.2 Å². The first-order chi connectivity index (χ1) is 15.7. The molecule has 0 atom stereocenters. The van der Waals surface area contributed by atoms with Crippen LogP contribution in [0.1, 0.15) is 21.7 Å². The Hall–Kier alpha value is -3.71. The van der Waals surface area contributed by atoms with Gasteiger partial charge in [0.1, 0.15) is 11.4 Å². The Morgan fingerprint density at radius 2 is 1.62 bits per heavy atom. The van der Waals surface area contributed by atoms with Crippen LogP contribution in [0, 0.1) is 0 Å². The summed E-state index contributed by atoms with van der Waals surface area (Å²) in [6, 6.07) is 21.9. The molecule has 1 amide bonds. The van der Waals surface area contributed by atoms with Crippen LogP contribution < -0.4 is 5.56 Å². The molecule has 1 aliphatic heterocycles. The van der Waals surface area contributed by atoms with E-state index in [0.29, 0.717) is 13.1 Å². The first kappa shape index (κ1) is 20.2. The van der Waals surface area contributed by atoms with Crippen LogP contribution in [0.3, 0.4) is 0 Å². The van der Waals surface area contributed by atoms with E-state index in [1.165, 1.54) is 5.56 Å². The standard InChI is InChI=1S/C25H25N5O2/c31-24-20(9-6-12-26-24)25(32)29-15-13-28(14-16-29)18-23-27-21-10-4-5-11-22(21)30(23)17-19-7-2-1-3-8-19/h1-12H,13-18H2,(H,26,31). The van der Waals surface area contributed by atoms with Gasteiger partial charge in [0.25, 0.3) is 11.5 Å². The van der Waals surface area contributed by atoms with Crippen molar-refractivity contribution in [2.45, 2.75) is 13.1 Å². The van der Waals surface area contributed by atoms with Gasteiger partial charge in [0.15, 0.2) is 0 Å². The van der Waals surface area contributed by atoms with Crippen LogP contribution in [0.25, 0.3) is 11.0 Å². The average Bonchev–Trinajstić information content (AvgIpc) is 3.17. The lowest BCUT2D eigenvalue weighted by molar-refractivity contribution is 0.0622. The molecule has 0 radical (unpaired) electrons. The molecule has 0 spiro atoms. The highest BCUT2D eigenvalue weighted by Gasteiger charge is 2.25. The van der Waals surface area contributed by atoms with E-state index in [2.05, 4.69) is 44.8 Å². The molecule has 0 aliphatic carbocycles. The van der Waals surface area contributed by atoms with Crippen LogP contribution in [0.5, 0.6) is 0 Å². The highest BCUT2D eigenvalue weighted by atomic mass is 16.2. The number of rotatable bonds is 5. The van der Waals surface area contributed by atoms with Crippen molar-refractivity contribution in [1.82, 2.24) is 24.3 Å². The summed E-state index contributed by atoms with van der Waals surface area (Å²) in [5.74, 6) is 0.817. The molecular formula is C25H25N5O2. The van der Waals surface area contributed by atoms with Crippen molar-refractivity contribution in [3.05, 3.63) is 100 Å². The lowest BCUT2D eigenvalue weighted by Gasteiger charge is -2.34. The lowest BCUT2D eigenvalue weighted by atomic mass is 10.2. The Labute approximate surface area is 185 Å². The Morgan fingerprint density at radius 3 is 2.41 bits per heavy atom. The molecule has 1 fully saturated rings. The van der Waals surface area contributed by atoms with E-state index < -0.39 is 0 Å². The fraction of sp³-hybridized carbons (Fsp3) is 0.240. The predicted octanol–water partition coefficient (Wildman–Crippen LogP) is 2.73. The molecule has 1 N–H and O–H groups in total. The minimum absolute atomic E-state index is 0.200. The third-order valence-corrected chi connectivity index (χ3v) is 5.99. The summed E-state index contributed by atoms with van der Waals surface area (Å²) < 4.78 is 2.28. The average molecular weight is 428 g/mol. The van der Waals surface area contributed by atoms with Gasteiger partial charge in [-0.3, -0.25) is 14.5 Å². The molecule has 0 saturated carbocycles. The number of nitrogens with one attached hydrogen (secondary N) is 1. The summed E-state index contributed by atoms with van der Waals surface area (Å²) in [6.07, 6.45) is 1.54. The zero-order valence-corrected chi connectivity index (χ0v) is 17.8. The van der Waals surface area contributed by atoms with Gasteiger partial charge in [0, 0.05) is 38.9 Å². The van der Waals surface area contributed by atoms with Crippen molar-refractivity contribution in [1.29, 1.82) is 0 Å². The van der Waals surface area contributed by atoms with E-state index in [0.717, 1.165) is 43.0 Å². The molecule has 32 heavy (non-hydrogen) atoms. The second-order valence-corrected chi connectivity index (χ2v) is 8.07. The van der Waals surface area contributed by atoms with Crippen LogP contribution in [0.15, 0.2) is 77.7 Å². The third kappa shape index (κ3) is 4.07. The highest BCUT2D eigenvalue weighted by Crippen LogP contribution is 2.20. The summed E-state index contributed by atoms with van der Waals surface area (Å²) in [4.78, 5) is 36.3. The number of hydrogen-bond donors (Lipinski definition) is 1. The van der Waals surface area contributed by atoms with Crippen LogP contribution in [0.2, 0.25) is 0 Å². The van der Waals surface area contributed by atoms with Gasteiger partial charge < -0.3 is 14.5 Å². The molecule has 5 rings (SSSR count). The van der Waals surface area contributed by atoms with Crippen molar-refractivity contribution in [2.24, 2.45) is 0 Å². The van der Waals surface area contributed by atoms with E-state index in [4.69, 9.17) is 4.98 Å². The maximum absolute atomic E-state index is 12.7. The minimum Gasteiger partial charge on any atom is -0.336 e. The van der Waals surface area contributed by atoms with Gasteiger partial charge in [-0.25, -0.2) is 4.98 Å². The Morgan fingerprint density at radius 1 is 0.875 bits per heavy atom. The number of fused-ring (bicyclic) bond motifs is 1. The second-order valence-electron chi connectivity index (χ2n) is 8.07. The van der Waals surface area contributed by atoms with Crippen molar-refractivity contribution < 1.29 is 4.79 Å². The summed E-state index contributed by atoms with van der Waals surface area (Å²) in [5, 5.41) is 0. The molecule has 7 heteroatoms.